The van der Waals surface area contributed by atoms with Gasteiger partial charge in [-0.15, -0.1) is 0 Å². The predicted molar refractivity (Wildman–Crippen MR) is 39.5 cm³/mol. The third-order valence-corrected chi connectivity index (χ3v) is 2.45. The minimum Gasteiger partial charge on any atom is -0.374 e. The van der Waals surface area contributed by atoms with E-state index in [1.807, 2.05) is 0 Å². The molecular formula is C8H9F7O. The van der Waals surface area contributed by atoms with Gasteiger partial charge < -0.3 is 4.74 Å². The highest BCUT2D eigenvalue weighted by Crippen LogP contribution is 2.50. The summed E-state index contributed by atoms with van der Waals surface area (Å²) in [5.74, 6) is 0. The second-order valence-corrected chi connectivity index (χ2v) is 3.56. The van der Waals surface area contributed by atoms with Crippen molar-refractivity contribution in [3.8, 4) is 0 Å². The molecule has 1 nitrogen and oxygen atoms in total. The van der Waals surface area contributed by atoms with Gasteiger partial charge in [-0.25, -0.2) is 4.39 Å². The van der Waals surface area contributed by atoms with Gasteiger partial charge in [-0.2, -0.15) is 26.3 Å². The van der Waals surface area contributed by atoms with Crippen LogP contribution in [0.3, 0.4) is 0 Å². The fraction of sp³-hybridized carbons (Fsp3) is 1.00. The molecule has 0 aliphatic carbocycles. The summed E-state index contributed by atoms with van der Waals surface area (Å²) in [5.41, 5.74) is -5.28. The van der Waals surface area contributed by atoms with Gasteiger partial charge >= 0.3 is 18.0 Å². The molecule has 0 radical (unpaired) electrons. The number of ether oxygens (including phenoxy) is 1. The molecule has 8 heteroatoms. The fourth-order valence-electron chi connectivity index (χ4n) is 1.58. The van der Waals surface area contributed by atoms with Crippen LogP contribution in [-0.2, 0) is 4.74 Å². The Kier molecular flexibility index (Phi) is 3.42. The molecule has 0 aromatic carbocycles. The second kappa shape index (κ2) is 4.05. The first-order valence-corrected chi connectivity index (χ1v) is 4.54. The highest BCUT2D eigenvalue weighted by Gasteiger charge is 2.76. The smallest absolute Gasteiger partial charge is 0.374 e. The van der Waals surface area contributed by atoms with Crippen LogP contribution in [0.5, 0.6) is 0 Å². The first kappa shape index (κ1) is 13.5. The monoisotopic (exact) mass is 254 g/mol. The van der Waals surface area contributed by atoms with Crippen molar-refractivity contribution in [2.75, 3.05) is 6.61 Å². The molecule has 0 aromatic rings. The van der Waals surface area contributed by atoms with E-state index in [1.165, 1.54) is 0 Å². The van der Waals surface area contributed by atoms with Crippen LogP contribution in [0.1, 0.15) is 19.3 Å². The molecule has 96 valence electrons. The molecule has 0 bridgehead atoms. The van der Waals surface area contributed by atoms with Gasteiger partial charge in [-0.05, 0) is 19.3 Å². The van der Waals surface area contributed by atoms with Crippen molar-refractivity contribution in [3.05, 3.63) is 0 Å². The molecule has 1 fully saturated rings. The van der Waals surface area contributed by atoms with Crippen LogP contribution in [-0.4, -0.2) is 30.7 Å². The summed E-state index contributed by atoms with van der Waals surface area (Å²) in [6.45, 7) is -0.289. The molecule has 16 heavy (non-hydrogen) atoms. The zero-order chi connectivity index (χ0) is 12.6. The molecule has 1 unspecified atom stereocenters. The summed E-state index contributed by atoms with van der Waals surface area (Å²) in [5, 5.41) is 0. The Morgan fingerprint density at radius 1 is 0.812 bits per heavy atom. The highest BCUT2D eigenvalue weighted by atomic mass is 19.4. The summed E-state index contributed by atoms with van der Waals surface area (Å²) in [6, 6.07) is 0. The minimum absolute atomic E-state index is 0.0858. The maximum atomic E-state index is 13.3. The zero-order valence-electron chi connectivity index (χ0n) is 7.96. The standard InChI is InChI=1S/C8H9F7O/c9-6(7(10,11)12,8(13,14)15)5-3-1-2-4-16-5/h5H,1-4H2. The van der Waals surface area contributed by atoms with Crippen LogP contribution in [0, 0.1) is 0 Å². The van der Waals surface area contributed by atoms with Crippen LogP contribution in [0.15, 0.2) is 0 Å². The van der Waals surface area contributed by atoms with Crippen LogP contribution < -0.4 is 0 Å². The lowest BCUT2D eigenvalue weighted by molar-refractivity contribution is -0.371. The Morgan fingerprint density at radius 2 is 1.31 bits per heavy atom. The van der Waals surface area contributed by atoms with Crippen molar-refractivity contribution in [1.82, 2.24) is 0 Å². The van der Waals surface area contributed by atoms with E-state index >= 15 is 0 Å². The number of hydrogen-bond donors (Lipinski definition) is 0. The van der Waals surface area contributed by atoms with Crippen molar-refractivity contribution in [2.45, 2.75) is 43.4 Å². The van der Waals surface area contributed by atoms with Gasteiger partial charge in [0.2, 0.25) is 0 Å². The van der Waals surface area contributed by atoms with Crippen molar-refractivity contribution in [2.24, 2.45) is 0 Å². The molecule has 0 amide bonds. The van der Waals surface area contributed by atoms with Crippen molar-refractivity contribution < 1.29 is 35.5 Å². The van der Waals surface area contributed by atoms with Gasteiger partial charge in [0.1, 0.15) is 6.10 Å². The largest absolute Gasteiger partial charge is 0.434 e. The van der Waals surface area contributed by atoms with E-state index < -0.39 is 30.5 Å². The summed E-state index contributed by atoms with van der Waals surface area (Å²) >= 11 is 0. The van der Waals surface area contributed by atoms with Crippen molar-refractivity contribution in [1.29, 1.82) is 0 Å². The molecule has 0 N–H and O–H groups in total. The Morgan fingerprint density at radius 3 is 1.62 bits per heavy atom. The third kappa shape index (κ3) is 2.11. The molecule has 1 aliphatic rings. The Bertz CT molecular complexity index is 224. The van der Waals surface area contributed by atoms with E-state index in [-0.39, 0.29) is 13.0 Å². The minimum atomic E-state index is -6.02. The molecule has 1 atom stereocenters. The van der Waals surface area contributed by atoms with E-state index in [9.17, 15) is 30.7 Å². The Hall–Kier alpha value is -0.530. The van der Waals surface area contributed by atoms with Gasteiger partial charge in [0.15, 0.2) is 0 Å². The topological polar surface area (TPSA) is 9.23 Å². The van der Waals surface area contributed by atoms with Gasteiger partial charge in [-0.1, -0.05) is 0 Å². The van der Waals surface area contributed by atoms with Gasteiger partial charge in [0, 0.05) is 6.61 Å². The van der Waals surface area contributed by atoms with Gasteiger partial charge in [0.25, 0.3) is 0 Å². The summed E-state index contributed by atoms with van der Waals surface area (Å²) in [4.78, 5) is 0. The molecule has 1 aliphatic heterocycles. The summed E-state index contributed by atoms with van der Waals surface area (Å²) in [7, 11) is 0. The van der Waals surface area contributed by atoms with Crippen LogP contribution >= 0.6 is 0 Å². The third-order valence-electron chi connectivity index (χ3n) is 2.45. The molecule has 1 heterocycles. The number of halogens is 7. The van der Waals surface area contributed by atoms with E-state index in [2.05, 4.69) is 4.74 Å². The Labute approximate surface area is 86.6 Å². The number of hydrogen-bond acceptors (Lipinski definition) is 1. The molecular weight excluding hydrogens is 245 g/mol. The van der Waals surface area contributed by atoms with Gasteiger partial charge in [-0.3, -0.25) is 0 Å². The maximum Gasteiger partial charge on any atom is 0.434 e. The van der Waals surface area contributed by atoms with Crippen LogP contribution in [0.4, 0.5) is 30.7 Å². The average molecular weight is 254 g/mol. The fourth-order valence-corrected chi connectivity index (χ4v) is 1.58. The lowest BCUT2D eigenvalue weighted by atomic mass is 9.91. The van der Waals surface area contributed by atoms with E-state index in [1.54, 1.807) is 0 Å². The summed E-state index contributed by atoms with van der Waals surface area (Å²) < 4.78 is 90.9. The second-order valence-electron chi connectivity index (χ2n) is 3.56. The van der Waals surface area contributed by atoms with Crippen LogP contribution in [0.2, 0.25) is 0 Å². The number of alkyl halides is 7. The first-order valence-electron chi connectivity index (χ1n) is 4.54. The maximum absolute atomic E-state index is 13.3. The lowest BCUT2D eigenvalue weighted by Crippen LogP contribution is -2.62. The van der Waals surface area contributed by atoms with Crippen molar-refractivity contribution >= 4 is 0 Å². The van der Waals surface area contributed by atoms with Crippen LogP contribution in [0.25, 0.3) is 0 Å². The van der Waals surface area contributed by atoms with E-state index in [4.69, 9.17) is 0 Å². The average Bonchev–Trinajstić information content (AvgIpc) is 2.14. The first-order chi connectivity index (χ1) is 7.11. The van der Waals surface area contributed by atoms with E-state index in [0.717, 1.165) is 0 Å². The molecule has 0 spiro atoms. The molecule has 0 aromatic heterocycles. The van der Waals surface area contributed by atoms with Crippen molar-refractivity contribution in [3.63, 3.8) is 0 Å². The number of rotatable bonds is 1. The highest BCUT2D eigenvalue weighted by molar-refractivity contribution is 5.01. The SMILES string of the molecule is FC(F)(F)C(F)(C1CCCCO1)C(F)(F)F. The quantitative estimate of drug-likeness (QED) is 0.652. The normalized spacial score (nSPS) is 24.6. The zero-order valence-corrected chi connectivity index (χ0v) is 7.96. The lowest BCUT2D eigenvalue weighted by Gasteiger charge is -2.38. The van der Waals surface area contributed by atoms with E-state index in [0.29, 0.717) is 6.42 Å². The predicted octanol–water partition coefficient (Wildman–Crippen LogP) is 3.39. The summed E-state index contributed by atoms with van der Waals surface area (Å²) in [6.07, 6.45) is -14.7. The van der Waals surface area contributed by atoms with Gasteiger partial charge in [0.05, 0.1) is 0 Å². The molecule has 1 saturated heterocycles. The molecule has 0 saturated carbocycles. The Balaban J connectivity index is 3.04. The molecule has 1 rings (SSSR count).